The van der Waals surface area contributed by atoms with Gasteiger partial charge in [-0.2, -0.15) is 0 Å². The number of carbonyl (C=O) groups is 1. The quantitative estimate of drug-likeness (QED) is 0.602. The fourth-order valence-corrected chi connectivity index (χ4v) is 4.71. The molecule has 5 rings (SSSR count). The van der Waals surface area contributed by atoms with Gasteiger partial charge in [0.25, 0.3) is 0 Å². The van der Waals surface area contributed by atoms with Crippen molar-refractivity contribution in [3.05, 3.63) is 52.3 Å². The van der Waals surface area contributed by atoms with Crippen LogP contribution in [0.3, 0.4) is 0 Å². The smallest absolute Gasteiger partial charge is 0.231 e. The SMILES string of the molecule is COc1cccc(C=C2Oc3c(cc4c(c3C)OCN(CCN3CCOCC3)C4)C2=O)c1OC. The predicted octanol–water partition coefficient (Wildman–Crippen LogP) is 3.11. The van der Waals surface area contributed by atoms with Gasteiger partial charge in [-0.05, 0) is 25.1 Å². The molecule has 3 heterocycles. The molecule has 0 atom stereocenters. The number of ether oxygens (including phenoxy) is 5. The molecule has 0 aromatic heterocycles. The number of rotatable bonds is 6. The summed E-state index contributed by atoms with van der Waals surface area (Å²) in [5.41, 5.74) is 3.16. The standard InChI is InChI=1S/C26H30N2O6/c1-17-24-19(15-28(16-33-24)8-7-27-9-11-32-12-10-27)13-20-23(29)22(34-25(17)20)14-18-5-4-6-21(30-2)26(18)31-3/h4-6,13-14H,7-12,15-16H2,1-3H3. The second-order valence-corrected chi connectivity index (χ2v) is 8.67. The summed E-state index contributed by atoms with van der Waals surface area (Å²) in [5.74, 6) is 2.65. The highest BCUT2D eigenvalue weighted by Gasteiger charge is 2.34. The van der Waals surface area contributed by atoms with Crippen molar-refractivity contribution in [3.8, 4) is 23.0 Å². The first-order valence-electron chi connectivity index (χ1n) is 11.6. The molecule has 0 bridgehead atoms. The summed E-state index contributed by atoms with van der Waals surface area (Å²) in [5, 5.41) is 0. The van der Waals surface area contributed by atoms with Crippen LogP contribution in [0.1, 0.15) is 27.0 Å². The average Bonchev–Trinajstić information content (AvgIpc) is 3.18. The lowest BCUT2D eigenvalue weighted by Crippen LogP contribution is -2.43. The van der Waals surface area contributed by atoms with Crippen molar-refractivity contribution in [2.75, 3.05) is 60.3 Å². The van der Waals surface area contributed by atoms with Crippen molar-refractivity contribution in [3.63, 3.8) is 0 Å². The Morgan fingerprint density at radius 1 is 1.06 bits per heavy atom. The molecule has 1 saturated heterocycles. The average molecular weight is 467 g/mol. The first-order chi connectivity index (χ1) is 16.6. The van der Waals surface area contributed by atoms with Crippen LogP contribution in [0.2, 0.25) is 0 Å². The lowest BCUT2D eigenvalue weighted by molar-refractivity contribution is 0.0239. The van der Waals surface area contributed by atoms with Crippen molar-refractivity contribution in [2.24, 2.45) is 0 Å². The molecule has 0 saturated carbocycles. The fraction of sp³-hybridized carbons (Fsp3) is 0.423. The number of hydrogen-bond acceptors (Lipinski definition) is 8. The molecule has 1 fully saturated rings. The Morgan fingerprint density at radius 3 is 2.62 bits per heavy atom. The molecule has 8 nitrogen and oxygen atoms in total. The first-order valence-corrected chi connectivity index (χ1v) is 11.6. The Balaban J connectivity index is 1.36. The number of para-hydroxylation sites is 1. The molecule has 0 amide bonds. The molecule has 2 aromatic rings. The summed E-state index contributed by atoms with van der Waals surface area (Å²) in [7, 11) is 3.16. The molecule has 0 spiro atoms. The second-order valence-electron chi connectivity index (χ2n) is 8.67. The summed E-state index contributed by atoms with van der Waals surface area (Å²) < 4.78 is 28.5. The van der Waals surface area contributed by atoms with Gasteiger partial charge in [0, 0.05) is 49.4 Å². The van der Waals surface area contributed by atoms with Crippen molar-refractivity contribution in [1.82, 2.24) is 9.80 Å². The van der Waals surface area contributed by atoms with Crippen LogP contribution < -0.4 is 18.9 Å². The molecule has 2 aromatic carbocycles. The first kappa shape index (κ1) is 22.7. The molecule has 8 heteroatoms. The Morgan fingerprint density at radius 2 is 1.85 bits per heavy atom. The summed E-state index contributed by atoms with van der Waals surface area (Å²) in [4.78, 5) is 17.9. The zero-order chi connectivity index (χ0) is 23.7. The highest BCUT2D eigenvalue weighted by Crippen LogP contribution is 2.43. The van der Waals surface area contributed by atoms with Crippen LogP contribution in [0.5, 0.6) is 23.0 Å². The van der Waals surface area contributed by atoms with Crippen molar-refractivity contribution >= 4 is 11.9 Å². The molecule has 180 valence electrons. The van der Waals surface area contributed by atoms with E-state index in [0.717, 1.165) is 62.8 Å². The van der Waals surface area contributed by atoms with E-state index in [1.54, 1.807) is 20.3 Å². The van der Waals surface area contributed by atoms with Gasteiger partial charge in [0.1, 0.15) is 18.2 Å². The maximum Gasteiger partial charge on any atom is 0.231 e. The number of nitrogens with zero attached hydrogens (tertiary/aromatic N) is 2. The minimum atomic E-state index is -0.142. The second kappa shape index (κ2) is 9.66. The minimum Gasteiger partial charge on any atom is -0.493 e. The molecular weight excluding hydrogens is 436 g/mol. The van der Waals surface area contributed by atoms with E-state index < -0.39 is 0 Å². The molecule has 0 unspecified atom stereocenters. The lowest BCUT2D eigenvalue weighted by Gasteiger charge is -2.33. The number of methoxy groups -OCH3 is 2. The number of Topliss-reactive ketones (excluding diaryl/α,β-unsaturated/α-hetero) is 1. The van der Waals surface area contributed by atoms with Gasteiger partial charge in [0.15, 0.2) is 17.3 Å². The fourth-order valence-electron chi connectivity index (χ4n) is 4.71. The number of benzene rings is 2. The highest BCUT2D eigenvalue weighted by molar-refractivity contribution is 6.15. The minimum absolute atomic E-state index is 0.142. The van der Waals surface area contributed by atoms with Crippen molar-refractivity contribution in [2.45, 2.75) is 13.5 Å². The van der Waals surface area contributed by atoms with Crippen LogP contribution >= 0.6 is 0 Å². The summed E-state index contributed by atoms with van der Waals surface area (Å²) in [6.07, 6.45) is 1.71. The summed E-state index contributed by atoms with van der Waals surface area (Å²) in [6.45, 7) is 8.62. The van der Waals surface area contributed by atoms with Gasteiger partial charge in [0.2, 0.25) is 5.78 Å². The van der Waals surface area contributed by atoms with E-state index in [1.807, 2.05) is 31.2 Å². The zero-order valence-corrected chi connectivity index (χ0v) is 19.9. The Hall–Kier alpha value is -3.07. The van der Waals surface area contributed by atoms with Gasteiger partial charge < -0.3 is 23.7 Å². The lowest BCUT2D eigenvalue weighted by atomic mass is 10.00. The number of allylic oxidation sites excluding steroid dienone is 1. The third kappa shape index (κ3) is 4.24. The van der Waals surface area contributed by atoms with Crippen LogP contribution in [0, 0.1) is 6.92 Å². The summed E-state index contributed by atoms with van der Waals surface area (Å²) >= 11 is 0. The van der Waals surface area contributed by atoms with Crippen molar-refractivity contribution in [1.29, 1.82) is 0 Å². The Kier molecular flexibility index (Phi) is 6.45. The third-order valence-corrected chi connectivity index (χ3v) is 6.56. The molecule has 0 radical (unpaired) electrons. The van der Waals surface area contributed by atoms with Crippen LogP contribution in [0.4, 0.5) is 0 Å². The molecule has 3 aliphatic heterocycles. The molecule has 0 N–H and O–H groups in total. The van der Waals surface area contributed by atoms with E-state index >= 15 is 0 Å². The number of hydrogen-bond donors (Lipinski definition) is 0. The van der Waals surface area contributed by atoms with E-state index in [0.29, 0.717) is 35.1 Å². The zero-order valence-electron chi connectivity index (χ0n) is 19.9. The van der Waals surface area contributed by atoms with E-state index in [4.69, 9.17) is 23.7 Å². The highest BCUT2D eigenvalue weighted by atomic mass is 16.5. The maximum absolute atomic E-state index is 13.3. The topological polar surface area (TPSA) is 69.7 Å². The third-order valence-electron chi connectivity index (χ3n) is 6.56. The monoisotopic (exact) mass is 466 g/mol. The van der Waals surface area contributed by atoms with Crippen molar-refractivity contribution < 1.29 is 28.5 Å². The summed E-state index contributed by atoms with van der Waals surface area (Å²) in [6, 6.07) is 7.45. The van der Waals surface area contributed by atoms with Gasteiger partial charge >= 0.3 is 0 Å². The number of morpholine rings is 1. The molecule has 34 heavy (non-hydrogen) atoms. The van der Waals surface area contributed by atoms with Crippen LogP contribution in [-0.4, -0.2) is 75.9 Å². The van der Waals surface area contributed by atoms with Crippen LogP contribution in [0.25, 0.3) is 6.08 Å². The van der Waals surface area contributed by atoms with Gasteiger partial charge in [-0.1, -0.05) is 12.1 Å². The van der Waals surface area contributed by atoms with Gasteiger partial charge in [-0.3, -0.25) is 14.6 Å². The van der Waals surface area contributed by atoms with Crippen LogP contribution in [-0.2, 0) is 11.3 Å². The number of fused-ring (bicyclic) bond motifs is 2. The predicted molar refractivity (Wildman–Crippen MR) is 127 cm³/mol. The van der Waals surface area contributed by atoms with E-state index in [1.165, 1.54) is 0 Å². The molecule has 3 aliphatic rings. The Bertz CT molecular complexity index is 1120. The maximum atomic E-state index is 13.3. The number of ketones is 1. The van der Waals surface area contributed by atoms with E-state index in [9.17, 15) is 4.79 Å². The van der Waals surface area contributed by atoms with E-state index in [-0.39, 0.29) is 11.5 Å². The molecule has 0 aliphatic carbocycles. The normalized spacial score (nSPS) is 19.4. The van der Waals surface area contributed by atoms with Gasteiger partial charge in [0.05, 0.1) is 33.0 Å². The Labute approximate surface area is 199 Å². The van der Waals surface area contributed by atoms with E-state index in [2.05, 4.69) is 9.80 Å². The van der Waals surface area contributed by atoms with Crippen LogP contribution in [0.15, 0.2) is 30.0 Å². The van der Waals surface area contributed by atoms with Gasteiger partial charge in [-0.25, -0.2) is 0 Å². The largest absolute Gasteiger partial charge is 0.493 e. The number of carbonyl (C=O) groups excluding carboxylic acids is 1. The van der Waals surface area contributed by atoms with Gasteiger partial charge in [-0.15, -0.1) is 0 Å². The molecular formula is C26H30N2O6.